The molecule has 0 spiro atoms. The first-order valence-corrected chi connectivity index (χ1v) is 9.61. The molecule has 1 fully saturated rings. The van der Waals surface area contributed by atoms with Gasteiger partial charge in [-0.1, -0.05) is 17.7 Å². The molecule has 0 atom stereocenters. The highest BCUT2D eigenvalue weighted by atomic mass is 35.5. The minimum atomic E-state index is -3.71. The average molecular weight is 401 g/mol. The third-order valence-corrected chi connectivity index (χ3v) is 6.26. The van der Waals surface area contributed by atoms with Crippen LogP contribution in [0.4, 0.5) is 8.78 Å². The predicted octanol–water partition coefficient (Wildman–Crippen LogP) is 2.76. The summed E-state index contributed by atoms with van der Waals surface area (Å²) in [5, 5.41) is 0.318. The van der Waals surface area contributed by atoms with E-state index in [9.17, 15) is 22.0 Å². The van der Waals surface area contributed by atoms with Gasteiger partial charge < -0.3 is 4.90 Å². The first-order valence-electron chi connectivity index (χ1n) is 7.79. The number of hydrogen-bond acceptors (Lipinski definition) is 3. The van der Waals surface area contributed by atoms with Gasteiger partial charge in [-0.15, -0.1) is 0 Å². The number of carbonyl (C=O) groups excluding carboxylic acids is 1. The molecule has 2 aromatic rings. The van der Waals surface area contributed by atoms with E-state index in [4.69, 9.17) is 11.6 Å². The number of sulfonamides is 1. The van der Waals surface area contributed by atoms with Crippen molar-refractivity contribution >= 4 is 27.5 Å². The van der Waals surface area contributed by atoms with Crippen molar-refractivity contribution in [3.63, 3.8) is 0 Å². The fourth-order valence-corrected chi connectivity index (χ4v) is 4.44. The first kappa shape index (κ1) is 18.8. The number of piperazine rings is 1. The van der Waals surface area contributed by atoms with Gasteiger partial charge in [0.1, 0.15) is 0 Å². The maximum Gasteiger partial charge on any atom is 0.254 e. The number of carbonyl (C=O) groups is 1. The highest BCUT2D eigenvalue weighted by Gasteiger charge is 2.30. The maximum absolute atomic E-state index is 13.3. The topological polar surface area (TPSA) is 57.7 Å². The summed E-state index contributed by atoms with van der Waals surface area (Å²) in [6.07, 6.45) is 0. The average Bonchev–Trinajstić information content (AvgIpc) is 2.63. The van der Waals surface area contributed by atoms with E-state index in [1.54, 1.807) is 12.1 Å². The van der Waals surface area contributed by atoms with E-state index in [1.807, 2.05) is 0 Å². The molecule has 0 unspecified atom stereocenters. The predicted molar refractivity (Wildman–Crippen MR) is 92.5 cm³/mol. The van der Waals surface area contributed by atoms with Crippen molar-refractivity contribution in [3.05, 3.63) is 64.7 Å². The zero-order valence-corrected chi connectivity index (χ0v) is 15.1. The molecule has 1 aliphatic heterocycles. The van der Waals surface area contributed by atoms with Gasteiger partial charge in [0.15, 0.2) is 11.6 Å². The first-order chi connectivity index (χ1) is 12.3. The van der Waals surface area contributed by atoms with Crippen LogP contribution in [-0.4, -0.2) is 49.7 Å². The summed E-state index contributed by atoms with van der Waals surface area (Å²) in [4.78, 5) is 13.9. The van der Waals surface area contributed by atoms with Crippen LogP contribution in [0.2, 0.25) is 5.02 Å². The Morgan fingerprint density at radius 2 is 1.65 bits per heavy atom. The lowest BCUT2D eigenvalue weighted by Gasteiger charge is -2.34. The third-order valence-electron chi connectivity index (χ3n) is 4.13. The smallest absolute Gasteiger partial charge is 0.254 e. The molecule has 26 heavy (non-hydrogen) atoms. The Morgan fingerprint density at radius 1 is 0.962 bits per heavy atom. The fourth-order valence-electron chi connectivity index (χ4n) is 2.72. The highest BCUT2D eigenvalue weighted by Crippen LogP contribution is 2.21. The molecule has 1 saturated heterocycles. The monoisotopic (exact) mass is 400 g/mol. The zero-order valence-electron chi connectivity index (χ0n) is 13.5. The van der Waals surface area contributed by atoms with Crippen molar-refractivity contribution in [3.8, 4) is 0 Å². The highest BCUT2D eigenvalue weighted by molar-refractivity contribution is 7.89. The molecular weight excluding hydrogens is 386 g/mol. The molecule has 0 saturated carbocycles. The van der Waals surface area contributed by atoms with Crippen LogP contribution < -0.4 is 0 Å². The van der Waals surface area contributed by atoms with Gasteiger partial charge in [-0.3, -0.25) is 4.79 Å². The lowest BCUT2D eigenvalue weighted by molar-refractivity contribution is 0.0697. The Balaban J connectivity index is 1.70. The summed E-state index contributed by atoms with van der Waals surface area (Å²) in [7, 11) is -3.71. The lowest BCUT2D eigenvalue weighted by Crippen LogP contribution is -2.50. The molecular formula is C17H15ClF2N2O3S. The largest absolute Gasteiger partial charge is 0.336 e. The molecule has 138 valence electrons. The Labute approximate surface area is 154 Å². The quantitative estimate of drug-likeness (QED) is 0.796. The van der Waals surface area contributed by atoms with Crippen LogP contribution in [0, 0.1) is 11.6 Å². The Hall–Kier alpha value is -2.03. The molecule has 2 aromatic carbocycles. The Kier molecular flexibility index (Phi) is 5.27. The number of halogens is 3. The fraction of sp³-hybridized carbons (Fsp3) is 0.235. The van der Waals surface area contributed by atoms with Gasteiger partial charge in [-0.2, -0.15) is 4.31 Å². The summed E-state index contributed by atoms with van der Waals surface area (Å²) >= 11 is 5.85. The minimum Gasteiger partial charge on any atom is -0.336 e. The minimum absolute atomic E-state index is 0.0232. The van der Waals surface area contributed by atoms with E-state index in [0.29, 0.717) is 5.02 Å². The number of amides is 1. The van der Waals surface area contributed by atoms with E-state index in [1.165, 1.54) is 27.4 Å². The van der Waals surface area contributed by atoms with E-state index in [0.717, 1.165) is 12.1 Å². The molecule has 1 aliphatic rings. The van der Waals surface area contributed by atoms with Crippen molar-refractivity contribution in [2.75, 3.05) is 26.2 Å². The van der Waals surface area contributed by atoms with Gasteiger partial charge in [0, 0.05) is 36.8 Å². The van der Waals surface area contributed by atoms with Gasteiger partial charge >= 0.3 is 0 Å². The van der Waals surface area contributed by atoms with Crippen molar-refractivity contribution < 1.29 is 22.0 Å². The standard InChI is InChI=1S/C17H15ClF2N2O3S/c18-13-2-1-3-14(11-13)26(24,25)22-8-6-21(7-9-22)17(23)12-4-5-15(19)16(20)10-12/h1-5,10-11H,6-9H2. The summed E-state index contributed by atoms with van der Waals surface area (Å²) in [5.74, 6) is -2.60. The van der Waals surface area contributed by atoms with Crippen molar-refractivity contribution in [1.82, 2.24) is 9.21 Å². The second-order valence-corrected chi connectivity index (χ2v) is 8.16. The number of nitrogens with zero attached hydrogens (tertiary/aromatic N) is 2. The molecule has 5 nitrogen and oxygen atoms in total. The molecule has 0 aromatic heterocycles. The van der Waals surface area contributed by atoms with Crippen LogP contribution in [0.1, 0.15) is 10.4 Å². The van der Waals surface area contributed by atoms with Crippen molar-refractivity contribution in [2.45, 2.75) is 4.90 Å². The van der Waals surface area contributed by atoms with E-state index < -0.39 is 27.6 Å². The van der Waals surface area contributed by atoms with E-state index >= 15 is 0 Å². The zero-order chi connectivity index (χ0) is 18.9. The molecule has 0 N–H and O–H groups in total. The molecule has 1 amide bonds. The van der Waals surface area contributed by atoms with Gasteiger partial charge in [0.05, 0.1) is 4.90 Å². The van der Waals surface area contributed by atoms with Crippen LogP contribution in [-0.2, 0) is 10.0 Å². The number of benzene rings is 2. The normalized spacial score (nSPS) is 15.9. The molecule has 0 radical (unpaired) electrons. The van der Waals surface area contributed by atoms with Gasteiger partial charge in [0.25, 0.3) is 5.91 Å². The third kappa shape index (κ3) is 3.72. The molecule has 0 bridgehead atoms. The lowest BCUT2D eigenvalue weighted by atomic mass is 10.1. The Bertz CT molecular complexity index is 945. The summed E-state index contributed by atoms with van der Waals surface area (Å²) in [6, 6.07) is 8.90. The van der Waals surface area contributed by atoms with Crippen molar-refractivity contribution in [1.29, 1.82) is 0 Å². The van der Waals surface area contributed by atoms with Gasteiger partial charge in [-0.25, -0.2) is 17.2 Å². The molecule has 9 heteroatoms. The summed E-state index contributed by atoms with van der Waals surface area (Å²) < 4.78 is 52.8. The van der Waals surface area contributed by atoms with E-state index in [-0.39, 0.29) is 36.6 Å². The van der Waals surface area contributed by atoms with Gasteiger partial charge in [0.2, 0.25) is 10.0 Å². The molecule has 0 aliphatic carbocycles. The summed E-state index contributed by atoms with van der Waals surface area (Å²) in [6.45, 7) is 0.504. The number of hydrogen-bond donors (Lipinski definition) is 0. The van der Waals surface area contributed by atoms with Crippen LogP contribution in [0.5, 0.6) is 0 Å². The maximum atomic E-state index is 13.3. The molecule has 3 rings (SSSR count). The van der Waals surface area contributed by atoms with Crippen LogP contribution in [0.25, 0.3) is 0 Å². The summed E-state index contributed by atoms with van der Waals surface area (Å²) in [5.41, 5.74) is 0.0232. The second kappa shape index (κ2) is 7.30. The van der Waals surface area contributed by atoms with Gasteiger partial charge in [-0.05, 0) is 36.4 Å². The Morgan fingerprint density at radius 3 is 2.27 bits per heavy atom. The van der Waals surface area contributed by atoms with E-state index in [2.05, 4.69) is 0 Å². The van der Waals surface area contributed by atoms with Crippen LogP contribution in [0.15, 0.2) is 47.4 Å². The SMILES string of the molecule is O=C(c1ccc(F)c(F)c1)N1CCN(S(=O)(=O)c2cccc(Cl)c2)CC1. The number of rotatable bonds is 3. The van der Waals surface area contributed by atoms with Crippen LogP contribution in [0.3, 0.4) is 0 Å². The molecule has 1 heterocycles. The van der Waals surface area contributed by atoms with Crippen molar-refractivity contribution in [2.24, 2.45) is 0 Å². The second-order valence-electron chi connectivity index (χ2n) is 5.78. The van der Waals surface area contributed by atoms with Crippen LogP contribution >= 0.6 is 11.6 Å².